The molecule has 1 fully saturated rings. The van der Waals surface area contributed by atoms with Gasteiger partial charge in [0.2, 0.25) is 5.91 Å². The molecule has 5 heteroatoms. The zero-order valence-electron chi connectivity index (χ0n) is 9.81. The predicted molar refractivity (Wildman–Crippen MR) is 64.5 cm³/mol. The standard InChI is InChI=1S/C11H19NO3S/c1-12(5-6-16-2)10(13)8-3-4-9(7-8)11(14)15/h8-9H,3-7H2,1-2H3,(H,14,15). The fourth-order valence-electron chi connectivity index (χ4n) is 2.08. The first-order valence-corrected chi connectivity index (χ1v) is 6.92. The lowest BCUT2D eigenvalue weighted by atomic mass is 10.0. The Morgan fingerprint density at radius 3 is 2.50 bits per heavy atom. The number of nitrogens with zero attached hydrogens (tertiary/aromatic N) is 1. The number of thioether (sulfide) groups is 1. The van der Waals surface area contributed by atoms with Gasteiger partial charge in [-0.3, -0.25) is 9.59 Å². The van der Waals surface area contributed by atoms with E-state index >= 15 is 0 Å². The first kappa shape index (κ1) is 13.4. The number of carboxylic acids is 1. The smallest absolute Gasteiger partial charge is 0.306 e. The lowest BCUT2D eigenvalue weighted by Crippen LogP contribution is -2.33. The van der Waals surface area contributed by atoms with Gasteiger partial charge in [0.05, 0.1) is 5.92 Å². The number of hydrogen-bond acceptors (Lipinski definition) is 3. The van der Waals surface area contributed by atoms with Crippen molar-refractivity contribution in [2.75, 3.05) is 25.6 Å². The number of carboxylic acid groups (broad SMARTS) is 1. The predicted octanol–water partition coefficient (Wildman–Crippen LogP) is 1.31. The van der Waals surface area contributed by atoms with Gasteiger partial charge in [-0.05, 0) is 25.5 Å². The van der Waals surface area contributed by atoms with E-state index in [1.807, 2.05) is 6.26 Å². The molecule has 16 heavy (non-hydrogen) atoms. The van der Waals surface area contributed by atoms with Crippen LogP contribution in [-0.2, 0) is 9.59 Å². The summed E-state index contributed by atoms with van der Waals surface area (Å²) in [7, 11) is 1.80. The van der Waals surface area contributed by atoms with Crippen molar-refractivity contribution in [1.29, 1.82) is 0 Å². The third-order valence-electron chi connectivity index (χ3n) is 3.14. The molecule has 0 aromatic heterocycles. The number of rotatable bonds is 5. The van der Waals surface area contributed by atoms with E-state index < -0.39 is 5.97 Å². The average molecular weight is 245 g/mol. The number of amides is 1. The minimum Gasteiger partial charge on any atom is -0.481 e. The van der Waals surface area contributed by atoms with E-state index in [0.717, 1.165) is 18.7 Å². The molecule has 0 bridgehead atoms. The zero-order valence-corrected chi connectivity index (χ0v) is 10.6. The van der Waals surface area contributed by atoms with Gasteiger partial charge < -0.3 is 10.0 Å². The summed E-state index contributed by atoms with van der Waals surface area (Å²) in [6.07, 6.45) is 3.88. The van der Waals surface area contributed by atoms with Gasteiger partial charge in [-0.25, -0.2) is 0 Å². The fourth-order valence-corrected chi connectivity index (χ4v) is 2.54. The summed E-state index contributed by atoms with van der Waals surface area (Å²) in [5.41, 5.74) is 0. The number of hydrogen-bond donors (Lipinski definition) is 1. The second-order valence-electron chi connectivity index (χ2n) is 4.30. The lowest BCUT2D eigenvalue weighted by Gasteiger charge is -2.20. The van der Waals surface area contributed by atoms with Crippen LogP contribution in [0.2, 0.25) is 0 Å². The van der Waals surface area contributed by atoms with Gasteiger partial charge in [-0.15, -0.1) is 0 Å². The SMILES string of the molecule is CSCCN(C)C(=O)C1CCC(C(=O)O)C1. The van der Waals surface area contributed by atoms with Gasteiger partial charge in [0, 0.05) is 25.3 Å². The third kappa shape index (κ3) is 3.40. The Morgan fingerprint density at radius 1 is 1.38 bits per heavy atom. The second kappa shape index (κ2) is 6.13. The highest BCUT2D eigenvalue weighted by Crippen LogP contribution is 2.32. The fraction of sp³-hybridized carbons (Fsp3) is 0.818. The van der Waals surface area contributed by atoms with Crippen LogP contribution in [-0.4, -0.2) is 47.5 Å². The summed E-state index contributed by atoms with van der Waals surface area (Å²) in [6, 6.07) is 0. The van der Waals surface area contributed by atoms with Crippen molar-refractivity contribution >= 4 is 23.6 Å². The molecule has 0 aromatic carbocycles. The molecule has 0 radical (unpaired) electrons. The number of aliphatic carboxylic acids is 1. The van der Waals surface area contributed by atoms with Gasteiger partial charge in [0.15, 0.2) is 0 Å². The molecule has 0 aliphatic heterocycles. The molecule has 2 unspecified atom stereocenters. The van der Waals surface area contributed by atoms with Crippen LogP contribution in [0.4, 0.5) is 0 Å². The van der Waals surface area contributed by atoms with E-state index in [9.17, 15) is 9.59 Å². The highest BCUT2D eigenvalue weighted by molar-refractivity contribution is 7.98. The van der Waals surface area contributed by atoms with Gasteiger partial charge in [-0.2, -0.15) is 11.8 Å². The van der Waals surface area contributed by atoms with E-state index in [4.69, 9.17) is 5.11 Å². The molecule has 1 amide bonds. The molecule has 1 saturated carbocycles. The maximum absolute atomic E-state index is 11.9. The van der Waals surface area contributed by atoms with E-state index in [1.165, 1.54) is 0 Å². The highest BCUT2D eigenvalue weighted by Gasteiger charge is 2.34. The molecule has 0 saturated heterocycles. The van der Waals surface area contributed by atoms with Crippen LogP contribution in [0.1, 0.15) is 19.3 Å². The van der Waals surface area contributed by atoms with Crippen LogP contribution in [0.3, 0.4) is 0 Å². The van der Waals surface area contributed by atoms with E-state index in [-0.39, 0.29) is 17.7 Å². The van der Waals surface area contributed by atoms with Gasteiger partial charge >= 0.3 is 5.97 Å². The Hall–Kier alpha value is -0.710. The Morgan fingerprint density at radius 2 is 2.00 bits per heavy atom. The largest absolute Gasteiger partial charge is 0.481 e. The van der Waals surface area contributed by atoms with Crippen molar-refractivity contribution in [3.05, 3.63) is 0 Å². The Kier molecular flexibility index (Phi) is 5.12. The minimum atomic E-state index is -0.762. The summed E-state index contributed by atoms with van der Waals surface area (Å²) in [6.45, 7) is 0.744. The number of carbonyl (C=O) groups is 2. The maximum Gasteiger partial charge on any atom is 0.306 e. The van der Waals surface area contributed by atoms with Crippen molar-refractivity contribution < 1.29 is 14.7 Å². The molecule has 1 rings (SSSR count). The summed E-state index contributed by atoms with van der Waals surface area (Å²) in [5.74, 6) is -0.118. The van der Waals surface area contributed by atoms with Crippen molar-refractivity contribution in [3.8, 4) is 0 Å². The molecule has 1 aliphatic carbocycles. The molecule has 2 atom stereocenters. The molecule has 0 aromatic rings. The van der Waals surface area contributed by atoms with Crippen LogP contribution < -0.4 is 0 Å². The molecule has 1 N–H and O–H groups in total. The highest BCUT2D eigenvalue weighted by atomic mass is 32.2. The van der Waals surface area contributed by atoms with Crippen LogP contribution in [0.15, 0.2) is 0 Å². The minimum absolute atomic E-state index is 0.0760. The normalized spacial score (nSPS) is 24.4. The third-order valence-corrected chi connectivity index (χ3v) is 3.73. The van der Waals surface area contributed by atoms with Crippen LogP contribution in [0, 0.1) is 11.8 Å². The molecule has 0 spiro atoms. The van der Waals surface area contributed by atoms with Crippen molar-refractivity contribution in [1.82, 2.24) is 4.90 Å². The number of carbonyl (C=O) groups excluding carboxylic acids is 1. The monoisotopic (exact) mass is 245 g/mol. The van der Waals surface area contributed by atoms with Crippen molar-refractivity contribution in [2.24, 2.45) is 11.8 Å². The first-order valence-electron chi connectivity index (χ1n) is 5.53. The molecule has 92 valence electrons. The van der Waals surface area contributed by atoms with Gasteiger partial charge in [0.1, 0.15) is 0 Å². The summed E-state index contributed by atoms with van der Waals surface area (Å²) >= 11 is 1.71. The molecular formula is C11H19NO3S. The van der Waals surface area contributed by atoms with Crippen LogP contribution in [0.5, 0.6) is 0 Å². The van der Waals surface area contributed by atoms with E-state index in [2.05, 4.69) is 0 Å². The summed E-state index contributed by atoms with van der Waals surface area (Å²) in [4.78, 5) is 24.5. The van der Waals surface area contributed by atoms with E-state index in [0.29, 0.717) is 12.8 Å². The lowest BCUT2D eigenvalue weighted by molar-refractivity contribution is -0.141. The Labute approximate surface area is 100 Å². The van der Waals surface area contributed by atoms with Gasteiger partial charge in [0.25, 0.3) is 0 Å². The van der Waals surface area contributed by atoms with Crippen LogP contribution >= 0.6 is 11.8 Å². The van der Waals surface area contributed by atoms with Crippen molar-refractivity contribution in [3.63, 3.8) is 0 Å². The summed E-state index contributed by atoms with van der Waals surface area (Å²) in [5, 5.41) is 8.86. The van der Waals surface area contributed by atoms with Gasteiger partial charge in [-0.1, -0.05) is 0 Å². The zero-order chi connectivity index (χ0) is 12.1. The summed E-state index contributed by atoms with van der Waals surface area (Å²) < 4.78 is 0. The topological polar surface area (TPSA) is 57.6 Å². The van der Waals surface area contributed by atoms with E-state index in [1.54, 1.807) is 23.7 Å². The Balaban J connectivity index is 2.41. The van der Waals surface area contributed by atoms with Crippen molar-refractivity contribution in [2.45, 2.75) is 19.3 Å². The van der Waals surface area contributed by atoms with Crippen LogP contribution in [0.25, 0.3) is 0 Å². The molecule has 1 aliphatic rings. The first-order chi connectivity index (χ1) is 7.56. The average Bonchev–Trinajstić information content (AvgIpc) is 2.74. The Bertz CT molecular complexity index is 270. The molecule has 0 heterocycles. The second-order valence-corrected chi connectivity index (χ2v) is 5.28. The molecule has 4 nitrogen and oxygen atoms in total. The quantitative estimate of drug-likeness (QED) is 0.793. The maximum atomic E-state index is 11.9. The molecular weight excluding hydrogens is 226 g/mol.